The first kappa shape index (κ1) is 23.1. The van der Waals surface area contributed by atoms with Crippen molar-refractivity contribution < 1.29 is 13.2 Å². The van der Waals surface area contributed by atoms with Crippen molar-refractivity contribution in [1.29, 1.82) is 0 Å². The highest BCUT2D eigenvalue weighted by Crippen LogP contribution is 2.28. The Kier molecular flexibility index (Phi) is 7.90. The molecular formula is C20H32ClN3O3S. The molecule has 1 aromatic rings. The van der Waals surface area contributed by atoms with Crippen molar-refractivity contribution in [3.63, 3.8) is 0 Å². The lowest BCUT2D eigenvalue weighted by molar-refractivity contribution is -0.140. The molecule has 0 spiro atoms. The molecule has 8 heteroatoms. The number of nitrogens with zero attached hydrogens (tertiary/aromatic N) is 2. The van der Waals surface area contributed by atoms with Crippen LogP contribution in [0.1, 0.15) is 38.2 Å². The lowest BCUT2D eigenvalue weighted by Crippen LogP contribution is -2.54. The Morgan fingerprint density at radius 2 is 1.86 bits per heavy atom. The second kappa shape index (κ2) is 9.57. The molecule has 158 valence electrons. The topological polar surface area (TPSA) is 83.7 Å². The van der Waals surface area contributed by atoms with E-state index in [-0.39, 0.29) is 36.8 Å². The van der Waals surface area contributed by atoms with Gasteiger partial charge in [0.05, 0.1) is 10.8 Å². The van der Waals surface area contributed by atoms with Crippen LogP contribution in [0.5, 0.6) is 0 Å². The molecule has 2 saturated heterocycles. The predicted octanol–water partition coefficient (Wildman–Crippen LogP) is 2.40. The zero-order chi connectivity index (χ0) is 19.6. The number of aryl methyl sites for hydroxylation is 1. The Balaban J connectivity index is 0.00000280. The van der Waals surface area contributed by atoms with E-state index in [4.69, 9.17) is 5.73 Å². The normalized spacial score (nSPS) is 26.5. The summed E-state index contributed by atoms with van der Waals surface area (Å²) in [5.41, 5.74) is 6.93. The van der Waals surface area contributed by atoms with Gasteiger partial charge in [0.15, 0.2) is 0 Å². The Labute approximate surface area is 174 Å². The summed E-state index contributed by atoms with van der Waals surface area (Å²) in [5, 5.41) is 0. The molecule has 2 heterocycles. The molecule has 2 aliphatic heterocycles. The number of hydrogen-bond acceptors (Lipinski definition) is 4. The molecule has 3 atom stereocenters. The number of likely N-dealkylation sites (tertiary alicyclic amines) is 1. The van der Waals surface area contributed by atoms with Crippen molar-refractivity contribution in [1.82, 2.24) is 9.21 Å². The van der Waals surface area contributed by atoms with E-state index in [0.29, 0.717) is 30.3 Å². The molecule has 2 N–H and O–H groups in total. The molecule has 0 aliphatic carbocycles. The van der Waals surface area contributed by atoms with E-state index in [1.54, 1.807) is 24.3 Å². The van der Waals surface area contributed by atoms with Crippen LogP contribution in [0.4, 0.5) is 0 Å². The van der Waals surface area contributed by atoms with Gasteiger partial charge in [-0.25, -0.2) is 8.42 Å². The van der Waals surface area contributed by atoms with Gasteiger partial charge in [-0.2, -0.15) is 4.31 Å². The van der Waals surface area contributed by atoms with E-state index >= 15 is 0 Å². The number of sulfonamides is 1. The summed E-state index contributed by atoms with van der Waals surface area (Å²) >= 11 is 0. The molecule has 0 radical (unpaired) electrons. The SMILES string of the molecule is Cc1ccc(S(=O)(=O)N2CCCC(C(=O)N3CCC(C)CC3CN)C2)cc1.Cl. The van der Waals surface area contributed by atoms with Gasteiger partial charge in [-0.15, -0.1) is 12.4 Å². The van der Waals surface area contributed by atoms with Gasteiger partial charge in [-0.05, 0) is 50.7 Å². The van der Waals surface area contributed by atoms with Crippen molar-refractivity contribution in [3.05, 3.63) is 29.8 Å². The van der Waals surface area contributed by atoms with Crippen LogP contribution >= 0.6 is 12.4 Å². The van der Waals surface area contributed by atoms with Gasteiger partial charge in [0.2, 0.25) is 15.9 Å². The van der Waals surface area contributed by atoms with Crippen molar-refractivity contribution in [2.24, 2.45) is 17.6 Å². The maximum absolute atomic E-state index is 13.1. The molecule has 0 bridgehead atoms. The van der Waals surface area contributed by atoms with Crippen LogP contribution in [0.2, 0.25) is 0 Å². The van der Waals surface area contributed by atoms with Gasteiger partial charge in [-0.1, -0.05) is 24.6 Å². The lowest BCUT2D eigenvalue weighted by atomic mass is 9.90. The van der Waals surface area contributed by atoms with Gasteiger partial charge in [0.25, 0.3) is 0 Å². The number of piperidine rings is 2. The fourth-order valence-electron chi connectivity index (χ4n) is 4.22. The Hall–Kier alpha value is -1.15. The van der Waals surface area contributed by atoms with Crippen LogP contribution in [0.3, 0.4) is 0 Å². The van der Waals surface area contributed by atoms with Gasteiger partial charge < -0.3 is 10.6 Å². The number of carbonyl (C=O) groups excluding carboxylic acids is 1. The minimum atomic E-state index is -3.57. The molecule has 6 nitrogen and oxygen atoms in total. The average Bonchev–Trinajstić information content (AvgIpc) is 2.67. The molecule has 2 fully saturated rings. The van der Waals surface area contributed by atoms with Crippen LogP contribution in [0.15, 0.2) is 29.2 Å². The summed E-state index contributed by atoms with van der Waals surface area (Å²) < 4.78 is 27.5. The van der Waals surface area contributed by atoms with E-state index in [0.717, 1.165) is 31.4 Å². The number of hydrogen-bond donors (Lipinski definition) is 1. The first-order valence-electron chi connectivity index (χ1n) is 9.90. The van der Waals surface area contributed by atoms with E-state index in [9.17, 15) is 13.2 Å². The summed E-state index contributed by atoms with van der Waals surface area (Å²) in [6, 6.07) is 6.98. The third-order valence-electron chi connectivity index (χ3n) is 5.93. The van der Waals surface area contributed by atoms with E-state index < -0.39 is 10.0 Å². The molecule has 3 unspecified atom stereocenters. The molecule has 28 heavy (non-hydrogen) atoms. The van der Waals surface area contributed by atoms with Crippen molar-refractivity contribution in [3.8, 4) is 0 Å². The molecular weight excluding hydrogens is 398 g/mol. The fourth-order valence-corrected chi connectivity index (χ4v) is 5.75. The number of benzene rings is 1. The number of amides is 1. The minimum Gasteiger partial charge on any atom is -0.338 e. The number of nitrogens with two attached hydrogens (primary N) is 1. The van der Waals surface area contributed by atoms with Crippen LogP contribution in [0.25, 0.3) is 0 Å². The maximum atomic E-state index is 13.1. The van der Waals surface area contributed by atoms with Gasteiger partial charge in [-0.3, -0.25) is 4.79 Å². The van der Waals surface area contributed by atoms with Gasteiger partial charge in [0.1, 0.15) is 0 Å². The highest BCUT2D eigenvalue weighted by Gasteiger charge is 2.38. The highest BCUT2D eigenvalue weighted by molar-refractivity contribution is 7.89. The molecule has 0 aromatic heterocycles. The predicted molar refractivity (Wildman–Crippen MR) is 113 cm³/mol. The second-order valence-corrected chi connectivity index (χ2v) is 10.0. The fraction of sp³-hybridized carbons (Fsp3) is 0.650. The summed E-state index contributed by atoms with van der Waals surface area (Å²) in [6.07, 6.45) is 3.36. The summed E-state index contributed by atoms with van der Waals surface area (Å²) in [7, 11) is -3.57. The highest BCUT2D eigenvalue weighted by atomic mass is 35.5. The number of rotatable bonds is 4. The second-order valence-electron chi connectivity index (χ2n) is 8.07. The van der Waals surface area contributed by atoms with Crippen LogP contribution in [0, 0.1) is 18.8 Å². The minimum absolute atomic E-state index is 0. The summed E-state index contributed by atoms with van der Waals surface area (Å²) in [5.74, 6) is 0.370. The number of carbonyl (C=O) groups is 1. The van der Waals surface area contributed by atoms with E-state index in [1.165, 1.54) is 4.31 Å². The maximum Gasteiger partial charge on any atom is 0.243 e. The average molecular weight is 430 g/mol. The molecule has 1 amide bonds. The van der Waals surface area contributed by atoms with Crippen LogP contribution < -0.4 is 5.73 Å². The van der Waals surface area contributed by atoms with Crippen LogP contribution in [-0.4, -0.2) is 55.8 Å². The molecule has 1 aromatic carbocycles. The smallest absolute Gasteiger partial charge is 0.243 e. The Morgan fingerprint density at radius 3 is 2.50 bits per heavy atom. The quantitative estimate of drug-likeness (QED) is 0.796. The summed E-state index contributed by atoms with van der Waals surface area (Å²) in [4.78, 5) is 15.3. The Morgan fingerprint density at radius 1 is 1.18 bits per heavy atom. The molecule has 0 saturated carbocycles. The zero-order valence-corrected chi connectivity index (χ0v) is 18.3. The molecule has 3 rings (SSSR count). The summed E-state index contributed by atoms with van der Waals surface area (Å²) in [6.45, 7) is 6.05. The standard InChI is InChI=1S/C20H31N3O3S.ClH/c1-15-5-7-19(8-6-15)27(25,26)22-10-3-4-17(14-22)20(24)23-11-9-16(2)12-18(23)13-21;/h5-8,16-18H,3-4,9-14,21H2,1-2H3;1H. The van der Waals surface area contributed by atoms with Crippen molar-refractivity contribution in [2.45, 2.75) is 50.5 Å². The van der Waals surface area contributed by atoms with E-state index in [2.05, 4.69) is 6.92 Å². The van der Waals surface area contributed by atoms with Crippen molar-refractivity contribution >= 4 is 28.3 Å². The van der Waals surface area contributed by atoms with Gasteiger partial charge >= 0.3 is 0 Å². The van der Waals surface area contributed by atoms with Crippen LogP contribution in [-0.2, 0) is 14.8 Å². The third kappa shape index (κ3) is 4.87. The van der Waals surface area contributed by atoms with Gasteiger partial charge in [0, 0.05) is 32.2 Å². The molecule has 2 aliphatic rings. The Bertz CT molecular complexity index is 769. The third-order valence-corrected chi connectivity index (χ3v) is 7.80. The van der Waals surface area contributed by atoms with E-state index in [1.807, 2.05) is 11.8 Å². The lowest BCUT2D eigenvalue weighted by Gasteiger charge is -2.41. The number of halogens is 1. The first-order valence-corrected chi connectivity index (χ1v) is 11.3. The first-order chi connectivity index (χ1) is 12.8. The zero-order valence-electron chi connectivity index (χ0n) is 16.7. The largest absolute Gasteiger partial charge is 0.338 e. The monoisotopic (exact) mass is 429 g/mol. The van der Waals surface area contributed by atoms with Crippen molar-refractivity contribution in [2.75, 3.05) is 26.2 Å².